The maximum Gasteiger partial charge on any atom is 0.406 e. The number of nitrogen functional groups attached to an aromatic ring is 1. The van der Waals surface area contributed by atoms with E-state index >= 15 is 0 Å². The molecular formula is C17H18Cl2F3N5OS. The van der Waals surface area contributed by atoms with E-state index in [0.717, 1.165) is 34.2 Å². The van der Waals surface area contributed by atoms with Crippen LogP contribution in [0.5, 0.6) is 0 Å². The Balaban J connectivity index is 1.71. The maximum atomic E-state index is 12.9. The van der Waals surface area contributed by atoms with E-state index in [1.807, 2.05) is 0 Å². The molecule has 158 valence electrons. The molecule has 1 amide bonds. The molecule has 3 rings (SSSR count). The minimum Gasteiger partial charge on any atom is -0.335 e. The Bertz CT molecular complexity index is 904. The van der Waals surface area contributed by atoms with Crippen molar-refractivity contribution in [3.05, 3.63) is 28.2 Å². The van der Waals surface area contributed by atoms with Crippen molar-refractivity contribution in [2.24, 2.45) is 5.92 Å². The Labute approximate surface area is 179 Å². The van der Waals surface area contributed by atoms with Gasteiger partial charge in [-0.2, -0.15) is 13.2 Å². The molecule has 1 heterocycles. The lowest BCUT2D eigenvalue weighted by atomic mass is 10.2. The minimum atomic E-state index is -4.46. The van der Waals surface area contributed by atoms with Crippen molar-refractivity contribution in [2.45, 2.75) is 37.1 Å². The molecule has 1 unspecified atom stereocenters. The van der Waals surface area contributed by atoms with Crippen molar-refractivity contribution >= 4 is 40.9 Å². The van der Waals surface area contributed by atoms with Gasteiger partial charge >= 0.3 is 6.18 Å². The summed E-state index contributed by atoms with van der Waals surface area (Å²) in [5.74, 6) is 5.50. The van der Waals surface area contributed by atoms with Crippen LogP contribution in [-0.2, 0) is 4.79 Å². The smallest absolute Gasteiger partial charge is 0.335 e. The van der Waals surface area contributed by atoms with Crippen LogP contribution in [0.1, 0.15) is 19.8 Å². The second-order valence-electron chi connectivity index (χ2n) is 6.80. The zero-order valence-electron chi connectivity index (χ0n) is 15.3. The molecule has 12 heteroatoms. The molecule has 0 spiro atoms. The SMILES string of the molecule is CC(C1CC1)N(CC(F)(F)F)C(=O)CSc1nnc(-c2ccc(Cl)cc2Cl)n1N. The lowest BCUT2D eigenvalue weighted by Gasteiger charge is -2.30. The zero-order chi connectivity index (χ0) is 21.3. The average molecular weight is 468 g/mol. The van der Waals surface area contributed by atoms with Crippen molar-refractivity contribution in [1.29, 1.82) is 0 Å². The van der Waals surface area contributed by atoms with Gasteiger partial charge in [-0.1, -0.05) is 35.0 Å². The van der Waals surface area contributed by atoms with Crippen LogP contribution in [0.2, 0.25) is 10.0 Å². The molecule has 29 heavy (non-hydrogen) atoms. The van der Waals surface area contributed by atoms with Crippen LogP contribution in [0, 0.1) is 5.92 Å². The number of nitrogens with two attached hydrogens (primary N) is 1. The largest absolute Gasteiger partial charge is 0.406 e. The molecule has 1 fully saturated rings. The van der Waals surface area contributed by atoms with Gasteiger partial charge in [0, 0.05) is 16.6 Å². The molecule has 0 radical (unpaired) electrons. The summed E-state index contributed by atoms with van der Waals surface area (Å²) in [4.78, 5) is 13.4. The highest BCUT2D eigenvalue weighted by Crippen LogP contribution is 2.36. The Hall–Kier alpha value is -1.65. The number of amides is 1. The van der Waals surface area contributed by atoms with Gasteiger partial charge in [0.2, 0.25) is 11.1 Å². The highest BCUT2D eigenvalue weighted by molar-refractivity contribution is 7.99. The van der Waals surface area contributed by atoms with Crippen molar-refractivity contribution in [3.63, 3.8) is 0 Å². The number of hydrogen-bond donors (Lipinski definition) is 1. The number of aromatic nitrogens is 3. The molecule has 0 saturated heterocycles. The van der Waals surface area contributed by atoms with E-state index in [2.05, 4.69) is 10.2 Å². The van der Waals surface area contributed by atoms with Gasteiger partial charge in [0.1, 0.15) is 6.54 Å². The third-order valence-electron chi connectivity index (χ3n) is 4.63. The number of alkyl halides is 3. The van der Waals surface area contributed by atoms with E-state index < -0.39 is 24.7 Å². The summed E-state index contributed by atoms with van der Waals surface area (Å²) in [6, 6.07) is 4.30. The number of carbonyl (C=O) groups excluding carboxylic acids is 1. The van der Waals surface area contributed by atoms with Crippen LogP contribution in [0.4, 0.5) is 13.2 Å². The Kier molecular flexibility index (Phi) is 6.54. The third kappa shape index (κ3) is 5.49. The van der Waals surface area contributed by atoms with Crippen LogP contribution in [0.3, 0.4) is 0 Å². The van der Waals surface area contributed by atoms with Crippen LogP contribution in [0.25, 0.3) is 11.4 Å². The molecule has 1 saturated carbocycles. The van der Waals surface area contributed by atoms with Crippen molar-refractivity contribution in [2.75, 3.05) is 18.1 Å². The van der Waals surface area contributed by atoms with Gasteiger partial charge < -0.3 is 10.7 Å². The first-order chi connectivity index (χ1) is 13.6. The highest BCUT2D eigenvalue weighted by Gasteiger charge is 2.40. The van der Waals surface area contributed by atoms with Crippen molar-refractivity contribution in [3.8, 4) is 11.4 Å². The van der Waals surface area contributed by atoms with Crippen molar-refractivity contribution < 1.29 is 18.0 Å². The second kappa shape index (κ2) is 8.61. The maximum absolute atomic E-state index is 12.9. The number of thioether (sulfide) groups is 1. The topological polar surface area (TPSA) is 77.0 Å². The summed E-state index contributed by atoms with van der Waals surface area (Å²) < 4.78 is 39.9. The van der Waals surface area contributed by atoms with E-state index in [-0.39, 0.29) is 22.7 Å². The van der Waals surface area contributed by atoms with Gasteiger partial charge in [0.25, 0.3) is 0 Å². The lowest BCUT2D eigenvalue weighted by Crippen LogP contribution is -2.46. The van der Waals surface area contributed by atoms with Gasteiger partial charge in [-0.25, -0.2) is 4.68 Å². The highest BCUT2D eigenvalue weighted by atomic mass is 35.5. The normalized spacial score (nSPS) is 15.4. The molecule has 1 aliphatic carbocycles. The van der Waals surface area contributed by atoms with Crippen LogP contribution < -0.4 is 5.84 Å². The Morgan fingerprint density at radius 3 is 2.66 bits per heavy atom. The molecule has 1 atom stereocenters. The number of carbonyl (C=O) groups is 1. The second-order valence-corrected chi connectivity index (χ2v) is 8.59. The summed E-state index contributed by atoms with van der Waals surface area (Å²) in [5, 5.41) is 8.83. The van der Waals surface area contributed by atoms with E-state index in [0.29, 0.717) is 15.6 Å². The number of halogens is 5. The number of rotatable bonds is 7. The molecule has 1 aliphatic rings. The fourth-order valence-corrected chi connectivity index (χ4v) is 4.16. The first-order valence-corrected chi connectivity index (χ1v) is 10.5. The van der Waals surface area contributed by atoms with Gasteiger partial charge in [0.05, 0.1) is 10.8 Å². The van der Waals surface area contributed by atoms with E-state index in [1.54, 1.807) is 19.1 Å². The number of hydrogen-bond acceptors (Lipinski definition) is 5. The quantitative estimate of drug-likeness (QED) is 0.486. The standard InChI is InChI=1S/C17H18Cl2F3N5OS/c1-9(10-2-3-10)26(8-17(20,21)22)14(28)7-29-16-25-24-15(27(16)23)12-5-4-11(18)6-13(12)19/h4-6,9-10H,2-3,7-8,23H2,1H3. The first-order valence-electron chi connectivity index (χ1n) is 8.71. The van der Waals surface area contributed by atoms with Crippen LogP contribution in [0.15, 0.2) is 23.4 Å². The molecule has 1 aromatic carbocycles. The summed E-state index contributed by atoms with van der Waals surface area (Å²) in [6.45, 7) is 0.378. The summed E-state index contributed by atoms with van der Waals surface area (Å²) in [5.41, 5.74) is 0.491. The molecular weight excluding hydrogens is 450 g/mol. The molecule has 2 N–H and O–H groups in total. The van der Waals surface area contributed by atoms with Gasteiger partial charge in [0.15, 0.2) is 5.82 Å². The fraction of sp³-hybridized carbons (Fsp3) is 0.471. The molecule has 0 bridgehead atoms. The number of nitrogens with zero attached hydrogens (tertiary/aromatic N) is 4. The van der Waals surface area contributed by atoms with Crippen LogP contribution in [-0.4, -0.2) is 50.2 Å². The predicted molar refractivity (Wildman–Crippen MR) is 106 cm³/mol. The molecule has 0 aliphatic heterocycles. The number of benzene rings is 1. The van der Waals surface area contributed by atoms with Crippen molar-refractivity contribution in [1.82, 2.24) is 19.8 Å². The lowest BCUT2D eigenvalue weighted by molar-refractivity contribution is -0.164. The van der Waals surface area contributed by atoms with Gasteiger partial charge in [-0.05, 0) is 43.9 Å². The van der Waals surface area contributed by atoms with Gasteiger partial charge in [-0.15, -0.1) is 10.2 Å². The summed E-state index contributed by atoms with van der Waals surface area (Å²) in [6.07, 6.45) is -2.80. The first kappa shape index (κ1) is 22.0. The fourth-order valence-electron chi connectivity index (χ4n) is 2.92. The van der Waals surface area contributed by atoms with Crippen LogP contribution >= 0.6 is 35.0 Å². The summed E-state index contributed by atoms with van der Waals surface area (Å²) in [7, 11) is 0. The minimum absolute atomic E-state index is 0.114. The summed E-state index contributed by atoms with van der Waals surface area (Å²) >= 11 is 12.9. The third-order valence-corrected chi connectivity index (χ3v) is 6.10. The molecule has 6 nitrogen and oxygen atoms in total. The van der Waals surface area contributed by atoms with E-state index in [1.165, 1.54) is 6.07 Å². The Morgan fingerprint density at radius 1 is 1.38 bits per heavy atom. The average Bonchev–Trinajstić information content (AvgIpc) is 3.41. The van der Waals surface area contributed by atoms with Gasteiger partial charge in [-0.3, -0.25) is 4.79 Å². The molecule has 2 aromatic rings. The predicted octanol–water partition coefficient (Wildman–Crippen LogP) is 4.25. The zero-order valence-corrected chi connectivity index (χ0v) is 17.6. The van der Waals surface area contributed by atoms with E-state index in [9.17, 15) is 18.0 Å². The van der Waals surface area contributed by atoms with E-state index in [4.69, 9.17) is 29.0 Å². The molecule has 1 aromatic heterocycles. The Morgan fingerprint density at radius 2 is 2.07 bits per heavy atom. The monoisotopic (exact) mass is 467 g/mol.